The Bertz CT molecular complexity index is 753. The van der Waals surface area contributed by atoms with Crippen LogP contribution in [-0.4, -0.2) is 52.6 Å². The molecule has 0 amide bonds. The maximum absolute atomic E-state index is 11.7. The van der Waals surface area contributed by atoms with Crippen LogP contribution < -0.4 is 15.4 Å². The minimum Gasteiger partial charge on any atom is -0.497 e. The van der Waals surface area contributed by atoms with Gasteiger partial charge < -0.3 is 15.4 Å². The van der Waals surface area contributed by atoms with Gasteiger partial charge in [-0.05, 0) is 37.0 Å². The number of benzene rings is 1. The highest BCUT2D eigenvalue weighted by Crippen LogP contribution is 2.39. The van der Waals surface area contributed by atoms with E-state index >= 15 is 0 Å². The summed E-state index contributed by atoms with van der Waals surface area (Å²) in [6.45, 7) is 0.790. The quantitative estimate of drug-likeness (QED) is 0.592. The fourth-order valence-electron chi connectivity index (χ4n) is 4.29. The molecule has 2 fully saturated rings. The maximum Gasteiger partial charge on any atom is 0.191 e. The second-order valence-corrected chi connectivity index (χ2v) is 9.97. The van der Waals surface area contributed by atoms with Crippen LogP contribution in [0.15, 0.2) is 29.3 Å². The molecule has 150 valence electrons. The number of aliphatic imine (C=N–C) groups is 1. The van der Waals surface area contributed by atoms with Crippen LogP contribution in [0.25, 0.3) is 0 Å². The average molecular weight is 394 g/mol. The molecule has 1 aromatic carbocycles. The molecule has 1 aromatic rings. The van der Waals surface area contributed by atoms with Crippen LogP contribution in [0, 0.1) is 0 Å². The zero-order chi connectivity index (χ0) is 19.3. The number of rotatable bonds is 5. The Morgan fingerprint density at radius 1 is 1.22 bits per heavy atom. The van der Waals surface area contributed by atoms with Crippen molar-refractivity contribution in [3.63, 3.8) is 0 Å². The Morgan fingerprint density at radius 2 is 1.93 bits per heavy atom. The number of sulfone groups is 1. The zero-order valence-electron chi connectivity index (χ0n) is 16.3. The smallest absolute Gasteiger partial charge is 0.191 e. The fraction of sp³-hybridized carbons (Fsp3) is 0.650. The molecule has 7 heteroatoms. The summed E-state index contributed by atoms with van der Waals surface area (Å²) in [5.41, 5.74) is 1.40. The predicted molar refractivity (Wildman–Crippen MR) is 109 cm³/mol. The highest BCUT2D eigenvalue weighted by Gasteiger charge is 2.34. The summed E-state index contributed by atoms with van der Waals surface area (Å²) in [5, 5.41) is 6.76. The molecule has 1 heterocycles. The number of nitrogens with zero attached hydrogens (tertiary/aromatic N) is 1. The molecule has 0 aromatic heterocycles. The first-order chi connectivity index (χ1) is 13.0. The van der Waals surface area contributed by atoms with E-state index in [4.69, 9.17) is 4.74 Å². The molecule has 1 aliphatic carbocycles. The molecule has 1 aliphatic heterocycles. The van der Waals surface area contributed by atoms with E-state index in [1.165, 1.54) is 24.8 Å². The average Bonchev–Trinajstić information content (AvgIpc) is 3.04. The number of guanidine groups is 1. The van der Waals surface area contributed by atoms with E-state index in [0.717, 1.165) is 25.1 Å². The van der Waals surface area contributed by atoms with Crippen LogP contribution in [0.4, 0.5) is 0 Å². The van der Waals surface area contributed by atoms with Crippen molar-refractivity contribution >= 4 is 15.8 Å². The molecule has 0 radical (unpaired) electrons. The van der Waals surface area contributed by atoms with Gasteiger partial charge in [0.25, 0.3) is 0 Å². The number of hydrogen-bond acceptors (Lipinski definition) is 4. The molecule has 6 nitrogen and oxygen atoms in total. The van der Waals surface area contributed by atoms with Crippen LogP contribution in [0.5, 0.6) is 5.75 Å². The van der Waals surface area contributed by atoms with Crippen molar-refractivity contribution in [3.05, 3.63) is 29.8 Å². The van der Waals surface area contributed by atoms with Gasteiger partial charge in [0.05, 0.1) is 18.6 Å². The van der Waals surface area contributed by atoms with E-state index in [1.807, 2.05) is 12.1 Å². The Balaban J connectivity index is 1.68. The monoisotopic (exact) mass is 393 g/mol. The summed E-state index contributed by atoms with van der Waals surface area (Å²) in [6, 6.07) is 8.35. The lowest BCUT2D eigenvalue weighted by Gasteiger charge is -2.38. The van der Waals surface area contributed by atoms with E-state index in [0.29, 0.717) is 12.4 Å². The second kappa shape index (κ2) is 8.50. The van der Waals surface area contributed by atoms with Crippen LogP contribution in [0.3, 0.4) is 0 Å². The summed E-state index contributed by atoms with van der Waals surface area (Å²) in [6.07, 6.45) is 6.65. The van der Waals surface area contributed by atoms with Gasteiger partial charge in [-0.2, -0.15) is 0 Å². The summed E-state index contributed by atoms with van der Waals surface area (Å²) in [4.78, 5) is 4.32. The normalized spacial score (nSPS) is 24.4. The molecule has 1 saturated heterocycles. The minimum absolute atomic E-state index is 0.0514. The van der Waals surface area contributed by atoms with Crippen molar-refractivity contribution in [3.8, 4) is 5.75 Å². The van der Waals surface area contributed by atoms with Crippen molar-refractivity contribution in [1.82, 2.24) is 10.6 Å². The predicted octanol–water partition coefficient (Wildman–Crippen LogP) is 2.25. The topological polar surface area (TPSA) is 79.8 Å². The molecule has 0 spiro atoms. The highest BCUT2D eigenvalue weighted by molar-refractivity contribution is 7.91. The number of ether oxygens (including phenoxy) is 1. The molecule has 1 saturated carbocycles. The number of hydrogen-bond donors (Lipinski definition) is 2. The van der Waals surface area contributed by atoms with Crippen molar-refractivity contribution in [2.45, 2.75) is 50.0 Å². The Kier molecular flexibility index (Phi) is 6.29. The summed E-state index contributed by atoms with van der Waals surface area (Å²) < 4.78 is 28.7. The van der Waals surface area contributed by atoms with Crippen LogP contribution >= 0.6 is 0 Å². The Morgan fingerprint density at radius 3 is 2.48 bits per heavy atom. The zero-order valence-corrected chi connectivity index (χ0v) is 17.1. The van der Waals surface area contributed by atoms with E-state index in [1.54, 1.807) is 14.2 Å². The van der Waals surface area contributed by atoms with Gasteiger partial charge in [-0.25, -0.2) is 8.42 Å². The molecule has 0 bridgehead atoms. The Hall–Kier alpha value is -1.76. The molecule has 27 heavy (non-hydrogen) atoms. The first-order valence-corrected chi connectivity index (χ1v) is 11.6. The van der Waals surface area contributed by atoms with Gasteiger partial charge >= 0.3 is 0 Å². The molecule has 1 unspecified atom stereocenters. The van der Waals surface area contributed by atoms with Gasteiger partial charge in [0.2, 0.25) is 0 Å². The Labute approximate surface area is 162 Å². The van der Waals surface area contributed by atoms with E-state index in [2.05, 4.69) is 27.8 Å². The maximum atomic E-state index is 11.7. The van der Waals surface area contributed by atoms with E-state index < -0.39 is 9.84 Å². The largest absolute Gasteiger partial charge is 0.497 e. The van der Waals surface area contributed by atoms with Crippen LogP contribution in [0.1, 0.15) is 44.1 Å². The van der Waals surface area contributed by atoms with E-state index in [-0.39, 0.29) is 23.0 Å². The van der Waals surface area contributed by atoms with Crippen LogP contribution in [0.2, 0.25) is 0 Å². The fourth-order valence-corrected chi connectivity index (χ4v) is 5.96. The molecule has 1 atom stereocenters. The highest BCUT2D eigenvalue weighted by atomic mass is 32.2. The third kappa shape index (κ3) is 4.94. The van der Waals surface area contributed by atoms with Gasteiger partial charge in [-0.3, -0.25) is 4.99 Å². The third-order valence-corrected chi connectivity index (χ3v) is 7.67. The van der Waals surface area contributed by atoms with Gasteiger partial charge in [-0.15, -0.1) is 0 Å². The lowest BCUT2D eigenvalue weighted by atomic mass is 9.69. The summed E-state index contributed by atoms with van der Waals surface area (Å²) in [7, 11) is 0.519. The van der Waals surface area contributed by atoms with Crippen molar-refractivity contribution in [2.24, 2.45) is 4.99 Å². The van der Waals surface area contributed by atoms with Gasteiger partial charge in [0, 0.05) is 25.0 Å². The van der Waals surface area contributed by atoms with E-state index in [9.17, 15) is 8.42 Å². The SMILES string of the molecule is CN=C(NCC1(c2ccc(OC)cc2)CCCCC1)NC1CCS(=O)(=O)C1. The molecule has 2 aliphatic rings. The first kappa shape index (κ1) is 20.0. The van der Waals surface area contributed by atoms with Crippen molar-refractivity contribution in [1.29, 1.82) is 0 Å². The minimum atomic E-state index is -2.90. The lowest BCUT2D eigenvalue weighted by molar-refractivity contribution is 0.290. The summed E-state index contributed by atoms with van der Waals surface area (Å²) in [5.74, 6) is 2.02. The molecule has 2 N–H and O–H groups in total. The molecule has 3 rings (SSSR count). The van der Waals surface area contributed by atoms with Gasteiger partial charge in [0.1, 0.15) is 5.75 Å². The van der Waals surface area contributed by atoms with Gasteiger partial charge in [-0.1, -0.05) is 31.4 Å². The standard InChI is InChI=1S/C20H31N3O3S/c1-21-19(23-17-10-13-27(24,25)14-17)22-15-20(11-4-3-5-12-20)16-6-8-18(26-2)9-7-16/h6-9,17H,3-5,10-15H2,1-2H3,(H2,21,22,23). The van der Waals surface area contributed by atoms with Gasteiger partial charge in [0.15, 0.2) is 15.8 Å². The van der Waals surface area contributed by atoms with Crippen molar-refractivity contribution < 1.29 is 13.2 Å². The first-order valence-electron chi connectivity index (χ1n) is 9.78. The molecular weight excluding hydrogens is 362 g/mol. The van der Waals surface area contributed by atoms with Crippen molar-refractivity contribution in [2.75, 3.05) is 32.2 Å². The number of nitrogens with one attached hydrogen (secondary N) is 2. The second-order valence-electron chi connectivity index (χ2n) is 7.74. The molecular formula is C20H31N3O3S. The summed E-state index contributed by atoms with van der Waals surface area (Å²) >= 11 is 0. The third-order valence-electron chi connectivity index (χ3n) is 5.90. The lowest BCUT2D eigenvalue weighted by Crippen LogP contribution is -2.49. The number of methoxy groups -OCH3 is 1. The van der Waals surface area contributed by atoms with Crippen LogP contribution in [-0.2, 0) is 15.3 Å².